The zero-order chi connectivity index (χ0) is 46.6. The molecule has 0 bridgehead atoms. The van der Waals surface area contributed by atoms with E-state index in [1.165, 1.54) is 142 Å². The number of hydrogen-bond acceptors (Lipinski definition) is 1. The quantitative estimate of drug-likeness (QED) is 0.155. The molecule has 334 valence electrons. The lowest BCUT2D eigenvalue weighted by Gasteiger charge is -2.28. The molecule has 2 heteroatoms. The van der Waals surface area contributed by atoms with E-state index in [-0.39, 0.29) is 5.41 Å². The Morgan fingerprint density at radius 1 is 0.338 bits per heavy atom. The molecule has 0 amide bonds. The average molecular weight is 905 g/mol. The highest BCUT2D eigenvalue weighted by atomic mass is 15.1. The molecule has 1 aliphatic heterocycles. The van der Waals surface area contributed by atoms with E-state index in [0.29, 0.717) is 0 Å². The van der Waals surface area contributed by atoms with Crippen LogP contribution in [0, 0.1) is 0 Å². The number of anilines is 3. The molecule has 2 nitrogen and oxygen atoms in total. The maximum Gasteiger partial charge on any atom is 0.0623 e. The minimum Gasteiger partial charge on any atom is -0.310 e. The zero-order valence-corrected chi connectivity index (χ0v) is 39.3. The van der Waals surface area contributed by atoms with E-state index in [4.69, 9.17) is 0 Å². The number of hydrogen-bond donors (Lipinski definition) is 0. The lowest BCUT2D eigenvalue weighted by Crippen LogP contribution is -2.20. The summed E-state index contributed by atoms with van der Waals surface area (Å²) in [6.07, 6.45) is 4.87. The minimum absolute atomic E-state index is 0.00631. The molecule has 1 fully saturated rings. The third-order valence-electron chi connectivity index (χ3n) is 16.2. The Morgan fingerprint density at radius 3 is 1.65 bits per heavy atom. The van der Waals surface area contributed by atoms with Crippen LogP contribution in [-0.4, -0.2) is 4.57 Å². The molecular weight excluding hydrogens is 857 g/mol. The molecular formula is C69H48N2. The van der Waals surface area contributed by atoms with Crippen molar-refractivity contribution in [2.45, 2.75) is 31.1 Å². The molecule has 12 aromatic rings. The minimum atomic E-state index is 0.00631. The van der Waals surface area contributed by atoms with Crippen molar-refractivity contribution in [3.63, 3.8) is 0 Å². The van der Waals surface area contributed by atoms with Crippen molar-refractivity contribution in [3.8, 4) is 72.4 Å². The Kier molecular flexibility index (Phi) is 8.86. The molecule has 0 radical (unpaired) electrons. The number of nitrogens with zero attached hydrogens (tertiary/aromatic N) is 2. The van der Waals surface area contributed by atoms with Crippen molar-refractivity contribution >= 4 is 49.6 Å². The van der Waals surface area contributed by atoms with Crippen LogP contribution in [-0.2, 0) is 5.41 Å². The Labute approximate surface area is 414 Å². The van der Waals surface area contributed by atoms with Gasteiger partial charge >= 0.3 is 0 Å². The van der Waals surface area contributed by atoms with Crippen LogP contribution in [0.5, 0.6) is 0 Å². The maximum atomic E-state index is 2.59. The van der Waals surface area contributed by atoms with E-state index in [9.17, 15) is 0 Å². The van der Waals surface area contributed by atoms with E-state index in [1.807, 2.05) is 0 Å². The molecule has 0 N–H and O–H groups in total. The van der Waals surface area contributed by atoms with Gasteiger partial charge in [0.25, 0.3) is 0 Å². The number of benzene rings is 11. The molecule has 1 aromatic heterocycles. The molecule has 71 heavy (non-hydrogen) atoms. The SMILES string of the molecule is c1ccc(-c2cc(-c3ccccc3)cc(N(c3ccc(-c4cc5c6c(c4)C4(CCCC4)c4ccc7c8ccccc8n(c7c4-6)-c4ccccc4-5)cc3)c3ccc(-c4cccc5ccccc45)cc3)c2)cc1. The Bertz CT molecular complexity index is 4020. The maximum absolute atomic E-state index is 2.59. The second-order valence-corrected chi connectivity index (χ2v) is 19.9. The molecule has 15 rings (SSSR count). The summed E-state index contributed by atoms with van der Waals surface area (Å²) >= 11 is 0. The first-order valence-electron chi connectivity index (χ1n) is 25.3. The predicted octanol–water partition coefficient (Wildman–Crippen LogP) is 18.9. The van der Waals surface area contributed by atoms with Gasteiger partial charge in [0, 0.05) is 44.4 Å². The molecule has 2 aliphatic carbocycles. The first-order valence-corrected chi connectivity index (χ1v) is 25.3. The highest BCUT2D eigenvalue weighted by Gasteiger charge is 2.48. The fourth-order valence-corrected chi connectivity index (χ4v) is 13.0. The fraction of sp³-hybridized carbons (Fsp3) is 0.0725. The van der Waals surface area contributed by atoms with Crippen molar-refractivity contribution in [2.24, 2.45) is 0 Å². The lowest BCUT2D eigenvalue weighted by molar-refractivity contribution is 0.550. The van der Waals surface area contributed by atoms with Gasteiger partial charge in [-0.15, -0.1) is 0 Å². The van der Waals surface area contributed by atoms with Crippen molar-refractivity contribution in [1.82, 2.24) is 4.57 Å². The van der Waals surface area contributed by atoms with Gasteiger partial charge in [-0.25, -0.2) is 0 Å². The van der Waals surface area contributed by atoms with Gasteiger partial charge in [-0.05, 0) is 157 Å². The van der Waals surface area contributed by atoms with Crippen molar-refractivity contribution < 1.29 is 0 Å². The lowest BCUT2D eigenvalue weighted by atomic mass is 9.75. The van der Waals surface area contributed by atoms with E-state index in [0.717, 1.165) is 17.1 Å². The van der Waals surface area contributed by atoms with Crippen LogP contribution in [0.1, 0.15) is 36.8 Å². The first-order chi connectivity index (χ1) is 35.2. The number of rotatable bonds is 7. The predicted molar refractivity (Wildman–Crippen MR) is 298 cm³/mol. The van der Waals surface area contributed by atoms with Crippen LogP contribution in [0.4, 0.5) is 17.1 Å². The molecule has 0 atom stereocenters. The van der Waals surface area contributed by atoms with Crippen LogP contribution < -0.4 is 4.90 Å². The number of fused-ring (bicyclic) bond motifs is 9. The monoisotopic (exact) mass is 904 g/mol. The van der Waals surface area contributed by atoms with E-state index >= 15 is 0 Å². The Hall–Kier alpha value is -8.72. The summed E-state index contributed by atoms with van der Waals surface area (Å²) in [4.78, 5) is 2.44. The summed E-state index contributed by atoms with van der Waals surface area (Å²) in [6, 6.07) is 90.7. The normalized spacial score (nSPS) is 13.8. The van der Waals surface area contributed by atoms with Gasteiger partial charge in [0.15, 0.2) is 0 Å². The van der Waals surface area contributed by atoms with E-state index < -0.39 is 0 Å². The summed E-state index contributed by atoms with van der Waals surface area (Å²) in [7, 11) is 0. The molecule has 11 aromatic carbocycles. The van der Waals surface area contributed by atoms with Crippen LogP contribution in [0.25, 0.3) is 105 Å². The standard InChI is InChI=1S/C69H48N2/c1-3-16-45(17-4-1)50-40-51(46-18-5-2-6-19-46)42-55(41-50)70(54-34-30-49(31-35-54)57-25-15-21-48-20-7-8-22-56(48)57)53-32-28-47(29-33-53)52-43-61-59-24-10-12-27-65(59)71-64-26-11-9-23-58(64)60-36-37-62-67(68(60)71)66(61)63(44-52)69(62)38-13-14-39-69/h1-12,15-37,40-44H,13-14,38-39H2. The third-order valence-corrected chi connectivity index (χ3v) is 16.2. The Morgan fingerprint density at radius 2 is 0.915 bits per heavy atom. The van der Waals surface area contributed by atoms with Crippen LogP contribution in [0.2, 0.25) is 0 Å². The van der Waals surface area contributed by atoms with Gasteiger partial charge in [0.1, 0.15) is 0 Å². The third kappa shape index (κ3) is 6.07. The van der Waals surface area contributed by atoms with Gasteiger partial charge in [-0.3, -0.25) is 0 Å². The summed E-state index contributed by atoms with van der Waals surface area (Å²) in [5, 5.41) is 5.18. The van der Waals surface area contributed by atoms with Crippen LogP contribution in [0.3, 0.4) is 0 Å². The van der Waals surface area contributed by atoms with Gasteiger partial charge in [-0.2, -0.15) is 0 Å². The van der Waals surface area contributed by atoms with Gasteiger partial charge in [0.2, 0.25) is 0 Å². The molecule has 1 spiro atoms. The Balaban J connectivity index is 0.910. The first kappa shape index (κ1) is 40.2. The van der Waals surface area contributed by atoms with Gasteiger partial charge < -0.3 is 9.47 Å². The van der Waals surface area contributed by atoms with Crippen LogP contribution >= 0.6 is 0 Å². The van der Waals surface area contributed by atoms with Crippen LogP contribution in [0.15, 0.2) is 243 Å². The smallest absolute Gasteiger partial charge is 0.0623 e. The summed E-state index contributed by atoms with van der Waals surface area (Å²) < 4.78 is 2.59. The second kappa shape index (κ2) is 15.7. The van der Waals surface area contributed by atoms with Gasteiger partial charge in [0.05, 0.1) is 16.7 Å². The van der Waals surface area contributed by atoms with Gasteiger partial charge in [-0.1, -0.05) is 189 Å². The van der Waals surface area contributed by atoms with E-state index in [2.05, 4.69) is 252 Å². The summed E-state index contributed by atoms with van der Waals surface area (Å²) in [5.41, 5.74) is 25.5. The molecule has 1 saturated carbocycles. The fourth-order valence-electron chi connectivity index (χ4n) is 13.0. The topological polar surface area (TPSA) is 8.17 Å². The molecule has 2 heterocycles. The van der Waals surface area contributed by atoms with Crippen molar-refractivity contribution in [1.29, 1.82) is 0 Å². The largest absolute Gasteiger partial charge is 0.310 e. The zero-order valence-electron chi connectivity index (χ0n) is 39.3. The molecule has 0 unspecified atom stereocenters. The highest BCUT2D eigenvalue weighted by Crippen LogP contribution is 2.63. The summed E-state index contributed by atoms with van der Waals surface area (Å²) in [5.74, 6) is 0. The van der Waals surface area contributed by atoms with Crippen molar-refractivity contribution in [3.05, 3.63) is 254 Å². The van der Waals surface area contributed by atoms with Crippen molar-refractivity contribution in [2.75, 3.05) is 4.90 Å². The molecule has 0 saturated heterocycles. The highest BCUT2D eigenvalue weighted by molar-refractivity contribution is 6.19. The summed E-state index contributed by atoms with van der Waals surface area (Å²) in [6.45, 7) is 0. The average Bonchev–Trinajstić information content (AvgIpc) is 4.12. The number of aromatic nitrogens is 1. The number of para-hydroxylation sites is 2. The second-order valence-electron chi connectivity index (χ2n) is 19.9. The van der Waals surface area contributed by atoms with E-state index in [1.54, 1.807) is 0 Å². The molecule has 3 aliphatic rings.